The zero-order valence-electron chi connectivity index (χ0n) is 12.0. The van der Waals surface area contributed by atoms with Gasteiger partial charge in [-0.3, -0.25) is 4.79 Å². The number of aliphatic carboxylic acids is 1. The monoisotopic (exact) mass is 305 g/mol. The van der Waals surface area contributed by atoms with Gasteiger partial charge in [0.05, 0.1) is 13.2 Å². The Kier molecular flexibility index (Phi) is 2.99. The largest absolute Gasteiger partial charge is 0.480 e. The molecule has 0 atom stereocenters. The summed E-state index contributed by atoms with van der Waals surface area (Å²) in [6.45, 7) is 1.01. The molecule has 2 heterocycles. The van der Waals surface area contributed by atoms with E-state index in [1.54, 1.807) is 10.6 Å². The molecule has 1 spiro atoms. The Bertz CT molecular complexity index is 761. The predicted molar refractivity (Wildman–Crippen MR) is 76.2 cm³/mol. The quantitative estimate of drug-likeness (QED) is 0.923. The molecular formula is C16H16FNO4. The number of hydrogen-bond acceptors (Lipinski definition) is 3. The van der Waals surface area contributed by atoms with Crippen LogP contribution < -0.4 is 0 Å². The molecule has 5 nitrogen and oxygen atoms in total. The number of rotatable bonds is 2. The highest BCUT2D eigenvalue weighted by atomic mass is 19.1. The summed E-state index contributed by atoms with van der Waals surface area (Å²) in [5, 5.41) is 9.92. The molecule has 0 saturated carbocycles. The summed E-state index contributed by atoms with van der Waals surface area (Å²) in [6, 6.07) is 4.49. The molecule has 1 aromatic heterocycles. The number of carbonyl (C=O) groups is 1. The minimum atomic E-state index is -0.905. The highest BCUT2D eigenvalue weighted by molar-refractivity contribution is 5.87. The van der Waals surface area contributed by atoms with Gasteiger partial charge in [-0.2, -0.15) is 0 Å². The lowest BCUT2D eigenvalue weighted by Crippen LogP contribution is -2.37. The Labute approximate surface area is 126 Å². The predicted octanol–water partition coefficient (Wildman–Crippen LogP) is 2.10. The minimum Gasteiger partial charge on any atom is -0.480 e. The zero-order valence-corrected chi connectivity index (χ0v) is 12.0. The molecule has 0 unspecified atom stereocenters. The highest BCUT2D eigenvalue weighted by Gasteiger charge is 2.42. The lowest BCUT2D eigenvalue weighted by atomic mass is 9.90. The normalized spacial score (nSPS) is 19.7. The van der Waals surface area contributed by atoms with E-state index in [1.807, 2.05) is 0 Å². The van der Waals surface area contributed by atoms with E-state index >= 15 is 0 Å². The fourth-order valence-corrected chi connectivity index (χ4v) is 3.66. The molecule has 22 heavy (non-hydrogen) atoms. The van der Waals surface area contributed by atoms with Gasteiger partial charge in [0, 0.05) is 29.4 Å². The summed E-state index contributed by atoms with van der Waals surface area (Å²) in [7, 11) is 0. The Morgan fingerprint density at radius 2 is 2.14 bits per heavy atom. The van der Waals surface area contributed by atoms with E-state index in [0.29, 0.717) is 32.5 Å². The first-order valence-electron chi connectivity index (χ1n) is 7.37. The molecule has 1 aromatic carbocycles. The number of hydrogen-bond donors (Lipinski definition) is 1. The van der Waals surface area contributed by atoms with Crippen molar-refractivity contribution in [1.29, 1.82) is 0 Å². The number of halogens is 1. The molecule has 1 N–H and O–H groups in total. The molecule has 4 rings (SSSR count). The van der Waals surface area contributed by atoms with Crippen molar-refractivity contribution >= 4 is 16.9 Å². The lowest BCUT2D eigenvalue weighted by Gasteiger charge is -2.32. The van der Waals surface area contributed by atoms with Gasteiger partial charge in [0.2, 0.25) is 0 Å². The average molecular weight is 305 g/mol. The van der Waals surface area contributed by atoms with Crippen LogP contribution in [0.15, 0.2) is 18.2 Å². The fourth-order valence-electron chi connectivity index (χ4n) is 3.66. The summed E-state index contributed by atoms with van der Waals surface area (Å²) in [5.41, 5.74) is 2.65. The lowest BCUT2D eigenvalue weighted by molar-refractivity contribution is -0.163. The zero-order chi connectivity index (χ0) is 15.3. The second-order valence-electron chi connectivity index (χ2n) is 5.85. The fraction of sp³-hybridized carbons (Fsp3) is 0.438. The van der Waals surface area contributed by atoms with E-state index in [4.69, 9.17) is 14.6 Å². The molecule has 6 heteroatoms. The number of carboxylic acid groups (broad SMARTS) is 1. The maximum Gasteiger partial charge on any atom is 0.323 e. The Morgan fingerprint density at radius 1 is 1.36 bits per heavy atom. The maximum atomic E-state index is 13.7. The van der Waals surface area contributed by atoms with Crippen LogP contribution in [0, 0.1) is 5.82 Å². The van der Waals surface area contributed by atoms with Crippen molar-refractivity contribution in [2.75, 3.05) is 13.2 Å². The van der Waals surface area contributed by atoms with Crippen LogP contribution in [0.1, 0.15) is 17.7 Å². The highest BCUT2D eigenvalue weighted by Crippen LogP contribution is 2.40. The van der Waals surface area contributed by atoms with Crippen LogP contribution >= 0.6 is 0 Å². The van der Waals surface area contributed by atoms with E-state index in [9.17, 15) is 9.18 Å². The molecular weight excluding hydrogens is 289 g/mol. The first-order chi connectivity index (χ1) is 10.6. The molecule has 1 aliphatic carbocycles. The molecule has 1 aliphatic heterocycles. The van der Waals surface area contributed by atoms with Crippen LogP contribution in [0.3, 0.4) is 0 Å². The van der Waals surface area contributed by atoms with Gasteiger partial charge in [-0.25, -0.2) is 4.39 Å². The van der Waals surface area contributed by atoms with E-state index in [2.05, 4.69) is 0 Å². The third kappa shape index (κ3) is 2.02. The van der Waals surface area contributed by atoms with Crippen molar-refractivity contribution in [3.8, 4) is 0 Å². The van der Waals surface area contributed by atoms with Crippen LogP contribution in [0.25, 0.3) is 10.9 Å². The number of benzene rings is 1. The number of aromatic nitrogens is 1. The van der Waals surface area contributed by atoms with Gasteiger partial charge in [-0.05, 0) is 30.2 Å². The summed E-state index contributed by atoms with van der Waals surface area (Å²) >= 11 is 0. The van der Waals surface area contributed by atoms with Crippen molar-refractivity contribution < 1.29 is 23.8 Å². The van der Waals surface area contributed by atoms with Gasteiger partial charge >= 0.3 is 5.97 Å². The van der Waals surface area contributed by atoms with Crippen molar-refractivity contribution in [2.24, 2.45) is 0 Å². The van der Waals surface area contributed by atoms with Gasteiger partial charge in [-0.1, -0.05) is 0 Å². The van der Waals surface area contributed by atoms with E-state index < -0.39 is 11.8 Å². The Balaban J connectivity index is 1.89. The van der Waals surface area contributed by atoms with Crippen LogP contribution in [-0.4, -0.2) is 34.6 Å². The maximum absolute atomic E-state index is 13.7. The molecule has 116 valence electrons. The number of fused-ring (bicyclic) bond motifs is 3. The number of nitrogens with zero attached hydrogens (tertiary/aromatic N) is 1. The summed E-state index contributed by atoms with van der Waals surface area (Å²) in [5.74, 6) is -1.85. The number of carboxylic acids is 1. The van der Waals surface area contributed by atoms with Crippen LogP contribution in [0.2, 0.25) is 0 Å². The number of ether oxygens (including phenoxy) is 2. The van der Waals surface area contributed by atoms with E-state index in [-0.39, 0.29) is 12.4 Å². The minimum absolute atomic E-state index is 0.119. The van der Waals surface area contributed by atoms with Gasteiger partial charge < -0.3 is 19.1 Å². The van der Waals surface area contributed by atoms with Gasteiger partial charge in [0.1, 0.15) is 12.4 Å². The van der Waals surface area contributed by atoms with Crippen molar-refractivity contribution in [3.63, 3.8) is 0 Å². The second-order valence-corrected chi connectivity index (χ2v) is 5.85. The molecule has 1 fully saturated rings. The van der Waals surface area contributed by atoms with Crippen molar-refractivity contribution in [1.82, 2.24) is 4.57 Å². The van der Waals surface area contributed by atoms with Crippen LogP contribution in [0.5, 0.6) is 0 Å². The van der Waals surface area contributed by atoms with Crippen LogP contribution in [-0.2, 0) is 33.7 Å². The topological polar surface area (TPSA) is 60.7 Å². The van der Waals surface area contributed by atoms with E-state index in [1.165, 1.54) is 12.1 Å². The Hall–Kier alpha value is -1.92. The summed E-state index contributed by atoms with van der Waals surface area (Å²) in [6.07, 6.45) is 1.90. The molecule has 1 saturated heterocycles. The molecule has 2 aliphatic rings. The molecule has 0 radical (unpaired) electrons. The second kappa shape index (κ2) is 4.79. The standard InChI is InChI=1S/C16H16FNO4/c17-10-1-2-13-11(7-10)12-8-16(21-5-6-22-16)4-3-14(12)18(13)9-15(19)20/h1-2,7H,3-6,8-9H2,(H,19,20). The van der Waals surface area contributed by atoms with Gasteiger partial charge in [0.25, 0.3) is 0 Å². The van der Waals surface area contributed by atoms with Gasteiger partial charge in [0.15, 0.2) is 5.79 Å². The third-order valence-electron chi connectivity index (χ3n) is 4.54. The van der Waals surface area contributed by atoms with Gasteiger partial charge in [-0.15, -0.1) is 0 Å². The SMILES string of the molecule is O=C(O)Cn1c2c(c3cc(F)ccc31)CC1(CC2)OCCO1. The summed E-state index contributed by atoms with van der Waals surface area (Å²) < 4.78 is 27.0. The first-order valence-corrected chi connectivity index (χ1v) is 7.37. The third-order valence-corrected chi connectivity index (χ3v) is 4.54. The van der Waals surface area contributed by atoms with Crippen LogP contribution in [0.4, 0.5) is 4.39 Å². The average Bonchev–Trinajstić information content (AvgIpc) is 3.03. The smallest absolute Gasteiger partial charge is 0.323 e. The Morgan fingerprint density at radius 3 is 2.86 bits per heavy atom. The molecule has 0 bridgehead atoms. The molecule has 0 amide bonds. The summed E-state index contributed by atoms with van der Waals surface area (Å²) in [4.78, 5) is 11.2. The molecule has 2 aromatic rings. The van der Waals surface area contributed by atoms with Crippen molar-refractivity contribution in [3.05, 3.63) is 35.3 Å². The first kappa shape index (κ1) is 13.7. The van der Waals surface area contributed by atoms with E-state index in [0.717, 1.165) is 22.2 Å². The van der Waals surface area contributed by atoms with Crippen molar-refractivity contribution in [2.45, 2.75) is 31.6 Å².